The first-order valence-corrected chi connectivity index (χ1v) is 8.40. The molecule has 0 radical (unpaired) electrons. The molecule has 0 aliphatic carbocycles. The number of benzene rings is 1. The number of amides is 1. The molecule has 0 bridgehead atoms. The molecule has 0 aliphatic rings. The second kappa shape index (κ2) is 7.03. The van der Waals surface area contributed by atoms with E-state index in [1.165, 1.54) is 22.4 Å². The van der Waals surface area contributed by atoms with Crippen LogP contribution in [0.3, 0.4) is 0 Å². The van der Waals surface area contributed by atoms with Gasteiger partial charge < -0.3 is 9.88 Å². The molecule has 1 aromatic heterocycles. The summed E-state index contributed by atoms with van der Waals surface area (Å²) in [5.41, 5.74) is 6.86. The molecule has 3 nitrogen and oxygen atoms in total. The van der Waals surface area contributed by atoms with Crippen molar-refractivity contribution in [3.8, 4) is 0 Å². The maximum absolute atomic E-state index is 12.7. The van der Waals surface area contributed by atoms with Gasteiger partial charge in [0.05, 0.1) is 0 Å². The van der Waals surface area contributed by atoms with Crippen LogP contribution < -0.4 is 5.32 Å². The lowest BCUT2D eigenvalue weighted by molar-refractivity contribution is 0.0933. The Hall–Kier alpha value is -2.03. The van der Waals surface area contributed by atoms with E-state index in [1.54, 1.807) is 0 Å². The Morgan fingerprint density at radius 3 is 2.48 bits per heavy atom. The molecule has 1 amide bonds. The SMILES string of the molecule is CCc1c(C)c(C(=O)NC(C)C)n(Cc2cccc(C)c2)c1C. The van der Waals surface area contributed by atoms with Crippen LogP contribution in [-0.4, -0.2) is 16.5 Å². The van der Waals surface area contributed by atoms with Crippen LogP contribution in [0.1, 0.15) is 59.2 Å². The molecule has 0 aliphatic heterocycles. The third-order valence-corrected chi connectivity index (χ3v) is 4.33. The van der Waals surface area contributed by atoms with Crippen molar-refractivity contribution in [2.75, 3.05) is 0 Å². The Morgan fingerprint density at radius 2 is 1.91 bits per heavy atom. The van der Waals surface area contributed by atoms with Crippen molar-refractivity contribution in [3.63, 3.8) is 0 Å². The topological polar surface area (TPSA) is 34.0 Å². The smallest absolute Gasteiger partial charge is 0.268 e. The van der Waals surface area contributed by atoms with E-state index in [1.807, 2.05) is 13.8 Å². The molecule has 2 rings (SSSR count). The Labute approximate surface area is 139 Å². The molecule has 3 heteroatoms. The first kappa shape index (κ1) is 17.3. The molecule has 2 aromatic rings. The van der Waals surface area contributed by atoms with Crippen LogP contribution in [0.15, 0.2) is 24.3 Å². The summed E-state index contributed by atoms with van der Waals surface area (Å²) < 4.78 is 2.17. The van der Waals surface area contributed by atoms with E-state index in [-0.39, 0.29) is 11.9 Å². The molecule has 0 saturated carbocycles. The fraction of sp³-hybridized carbons (Fsp3) is 0.450. The van der Waals surface area contributed by atoms with Crippen LogP contribution in [-0.2, 0) is 13.0 Å². The summed E-state index contributed by atoms with van der Waals surface area (Å²) in [6.07, 6.45) is 0.945. The highest BCUT2D eigenvalue weighted by Gasteiger charge is 2.22. The van der Waals surface area contributed by atoms with Gasteiger partial charge in [-0.05, 0) is 57.7 Å². The summed E-state index contributed by atoms with van der Waals surface area (Å²) >= 11 is 0. The maximum atomic E-state index is 12.7. The van der Waals surface area contributed by atoms with E-state index in [4.69, 9.17) is 0 Å². The maximum Gasteiger partial charge on any atom is 0.268 e. The molecule has 23 heavy (non-hydrogen) atoms. The van der Waals surface area contributed by atoms with E-state index >= 15 is 0 Å². The summed E-state index contributed by atoms with van der Waals surface area (Å²) in [5, 5.41) is 3.04. The van der Waals surface area contributed by atoms with Crippen LogP contribution in [0, 0.1) is 20.8 Å². The quantitative estimate of drug-likeness (QED) is 0.883. The van der Waals surface area contributed by atoms with Crippen molar-refractivity contribution in [2.45, 2.75) is 60.5 Å². The minimum absolute atomic E-state index is 0.0213. The molecule has 0 fully saturated rings. The van der Waals surface area contributed by atoms with E-state index in [0.717, 1.165) is 24.2 Å². The first-order chi connectivity index (χ1) is 10.8. The normalized spacial score (nSPS) is 11.1. The highest BCUT2D eigenvalue weighted by Crippen LogP contribution is 2.24. The molecule has 0 spiro atoms. The fourth-order valence-electron chi connectivity index (χ4n) is 3.28. The lowest BCUT2D eigenvalue weighted by Gasteiger charge is -2.14. The van der Waals surface area contributed by atoms with Gasteiger partial charge in [0.25, 0.3) is 5.91 Å². The van der Waals surface area contributed by atoms with Crippen molar-refractivity contribution in [3.05, 3.63) is 57.9 Å². The van der Waals surface area contributed by atoms with Gasteiger partial charge in [0.2, 0.25) is 0 Å². The lowest BCUT2D eigenvalue weighted by atomic mass is 10.1. The van der Waals surface area contributed by atoms with Gasteiger partial charge in [-0.2, -0.15) is 0 Å². The number of carbonyl (C=O) groups excluding carboxylic acids is 1. The van der Waals surface area contributed by atoms with Crippen molar-refractivity contribution in [1.82, 2.24) is 9.88 Å². The Kier molecular flexibility index (Phi) is 5.30. The molecule has 124 valence electrons. The Balaban J connectivity index is 2.50. The average molecular weight is 312 g/mol. The van der Waals surface area contributed by atoms with Crippen molar-refractivity contribution in [2.24, 2.45) is 0 Å². The number of nitrogens with one attached hydrogen (secondary N) is 1. The lowest BCUT2D eigenvalue weighted by Crippen LogP contribution is -2.32. The molecule has 0 saturated heterocycles. The van der Waals surface area contributed by atoms with Gasteiger partial charge in [0.15, 0.2) is 0 Å². The third kappa shape index (κ3) is 3.66. The monoisotopic (exact) mass is 312 g/mol. The van der Waals surface area contributed by atoms with E-state index in [0.29, 0.717) is 0 Å². The minimum atomic E-state index is 0.0213. The van der Waals surface area contributed by atoms with E-state index < -0.39 is 0 Å². The second-order valence-corrected chi connectivity index (χ2v) is 6.59. The predicted octanol–water partition coefficient (Wildman–Crippen LogP) is 4.16. The predicted molar refractivity (Wildman–Crippen MR) is 96.2 cm³/mol. The number of hydrogen-bond acceptors (Lipinski definition) is 1. The molecule has 0 atom stereocenters. The summed E-state index contributed by atoms with van der Waals surface area (Å²) in [6, 6.07) is 8.61. The van der Waals surface area contributed by atoms with Crippen LogP contribution in [0.5, 0.6) is 0 Å². The number of hydrogen-bond donors (Lipinski definition) is 1. The standard InChI is InChI=1S/C20H28N2O/c1-7-18-15(5)19(20(23)21-13(2)3)22(16(18)6)12-17-10-8-9-14(4)11-17/h8-11,13H,7,12H2,1-6H3,(H,21,23). The van der Waals surface area contributed by atoms with Crippen LogP contribution >= 0.6 is 0 Å². The zero-order valence-electron chi connectivity index (χ0n) is 15.2. The number of nitrogens with zero attached hydrogens (tertiary/aromatic N) is 1. The molecule has 1 N–H and O–H groups in total. The van der Waals surface area contributed by atoms with Crippen LogP contribution in [0.4, 0.5) is 0 Å². The minimum Gasteiger partial charge on any atom is -0.349 e. The Bertz CT molecular complexity index is 711. The summed E-state index contributed by atoms with van der Waals surface area (Å²) in [4.78, 5) is 12.7. The molecule has 1 aromatic carbocycles. The average Bonchev–Trinajstić information content (AvgIpc) is 2.69. The Morgan fingerprint density at radius 1 is 1.22 bits per heavy atom. The van der Waals surface area contributed by atoms with E-state index in [2.05, 4.69) is 61.8 Å². The molecular weight excluding hydrogens is 284 g/mol. The number of aryl methyl sites for hydroxylation is 1. The van der Waals surface area contributed by atoms with E-state index in [9.17, 15) is 4.79 Å². The summed E-state index contributed by atoms with van der Waals surface area (Å²) in [5.74, 6) is 0.0213. The van der Waals surface area contributed by atoms with Crippen molar-refractivity contribution < 1.29 is 4.79 Å². The van der Waals surface area contributed by atoms with Gasteiger partial charge in [0, 0.05) is 18.3 Å². The van der Waals surface area contributed by atoms with Gasteiger partial charge in [-0.25, -0.2) is 0 Å². The number of aromatic nitrogens is 1. The van der Waals surface area contributed by atoms with Crippen molar-refractivity contribution in [1.29, 1.82) is 0 Å². The molecular formula is C20H28N2O. The number of carbonyl (C=O) groups is 1. The summed E-state index contributed by atoms with van der Waals surface area (Å²) in [6.45, 7) is 13.2. The third-order valence-electron chi connectivity index (χ3n) is 4.33. The highest BCUT2D eigenvalue weighted by atomic mass is 16.2. The van der Waals surface area contributed by atoms with Crippen molar-refractivity contribution >= 4 is 5.91 Å². The number of rotatable bonds is 5. The van der Waals surface area contributed by atoms with Gasteiger partial charge >= 0.3 is 0 Å². The van der Waals surface area contributed by atoms with Gasteiger partial charge in [-0.15, -0.1) is 0 Å². The highest BCUT2D eigenvalue weighted by molar-refractivity contribution is 5.95. The zero-order chi connectivity index (χ0) is 17.1. The molecule has 1 heterocycles. The van der Waals surface area contributed by atoms with Crippen LogP contribution in [0.2, 0.25) is 0 Å². The van der Waals surface area contributed by atoms with Crippen LogP contribution in [0.25, 0.3) is 0 Å². The van der Waals surface area contributed by atoms with Gasteiger partial charge in [-0.3, -0.25) is 4.79 Å². The molecule has 0 unspecified atom stereocenters. The van der Waals surface area contributed by atoms with Gasteiger partial charge in [-0.1, -0.05) is 36.8 Å². The summed E-state index contributed by atoms with van der Waals surface area (Å²) in [7, 11) is 0. The van der Waals surface area contributed by atoms with Gasteiger partial charge in [0.1, 0.15) is 5.69 Å². The second-order valence-electron chi connectivity index (χ2n) is 6.59. The first-order valence-electron chi connectivity index (χ1n) is 8.40. The zero-order valence-corrected chi connectivity index (χ0v) is 15.2. The fourth-order valence-corrected chi connectivity index (χ4v) is 3.28. The largest absolute Gasteiger partial charge is 0.349 e.